The summed E-state index contributed by atoms with van der Waals surface area (Å²) in [4.78, 5) is 0. The van der Waals surface area contributed by atoms with Gasteiger partial charge < -0.3 is 19.4 Å². The second-order valence-corrected chi connectivity index (χ2v) is 4.61. The summed E-state index contributed by atoms with van der Waals surface area (Å²) in [6, 6.07) is 10.0. The second kappa shape index (κ2) is 6.89. The van der Waals surface area contributed by atoms with Crippen LogP contribution < -0.4 is 14.8 Å². The van der Waals surface area contributed by atoms with E-state index in [4.69, 9.17) is 9.47 Å². The number of nitrogens with zero attached hydrogens (tertiary/aromatic N) is 1. The highest BCUT2D eigenvalue weighted by Crippen LogP contribution is 2.29. The SMILES string of the molecule is CCCn1cccc1CNc1ccc(OC)cc1OC. The zero-order chi connectivity index (χ0) is 14.4. The van der Waals surface area contributed by atoms with E-state index >= 15 is 0 Å². The van der Waals surface area contributed by atoms with E-state index in [2.05, 4.69) is 35.1 Å². The van der Waals surface area contributed by atoms with Crippen LogP contribution in [0.25, 0.3) is 0 Å². The molecule has 20 heavy (non-hydrogen) atoms. The maximum Gasteiger partial charge on any atom is 0.145 e. The molecule has 2 aromatic rings. The molecule has 4 nitrogen and oxygen atoms in total. The zero-order valence-electron chi connectivity index (χ0n) is 12.3. The number of rotatable bonds is 7. The zero-order valence-corrected chi connectivity index (χ0v) is 12.3. The maximum atomic E-state index is 5.39. The van der Waals surface area contributed by atoms with Gasteiger partial charge in [-0.2, -0.15) is 0 Å². The Kier molecular flexibility index (Phi) is 4.93. The smallest absolute Gasteiger partial charge is 0.145 e. The monoisotopic (exact) mass is 274 g/mol. The van der Waals surface area contributed by atoms with Crippen molar-refractivity contribution in [3.8, 4) is 11.5 Å². The second-order valence-electron chi connectivity index (χ2n) is 4.61. The lowest BCUT2D eigenvalue weighted by atomic mass is 10.2. The van der Waals surface area contributed by atoms with Gasteiger partial charge in [-0.05, 0) is 30.7 Å². The molecular formula is C16H22N2O2. The summed E-state index contributed by atoms with van der Waals surface area (Å²) < 4.78 is 12.9. The highest BCUT2D eigenvalue weighted by molar-refractivity contribution is 5.59. The molecule has 4 heteroatoms. The van der Waals surface area contributed by atoms with Crippen LogP contribution in [0.15, 0.2) is 36.5 Å². The van der Waals surface area contributed by atoms with Crippen LogP contribution in [0.3, 0.4) is 0 Å². The molecule has 0 atom stereocenters. The van der Waals surface area contributed by atoms with Crippen molar-refractivity contribution in [2.24, 2.45) is 0 Å². The summed E-state index contributed by atoms with van der Waals surface area (Å²) in [7, 11) is 3.32. The van der Waals surface area contributed by atoms with Crippen molar-refractivity contribution in [1.82, 2.24) is 4.57 Å². The molecule has 0 unspecified atom stereocenters. The number of methoxy groups -OCH3 is 2. The molecule has 0 spiro atoms. The summed E-state index contributed by atoms with van der Waals surface area (Å²) in [6.45, 7) is 4.00. The molecule has 1 heterocycles. The molecule has 0 aliphatic heterocycles. The Balaban J connectivity index is 2.08. The Labute approximate surface area is 120 Å². The van der Waals surface area contributed by atoms with Crippen LogP contribution in [-0.4, -0.2) is 18.8 Å². The fourth-order valence-electron chi connectivity index (χ4n) is 2.20. The maximum absolute atomic E-state index is 5.39. The molecule has 0 aliphatic rings. The molecule has 2 rings (SSSR count). The van der Waals surface area contributed by atoms with Crippen molar-refractivity contribution in [2.75, 3.05) is 19.5 Å². The van der Waals surface area contributed by atoms with Crippen LogP contribution in [0.4, 0.5) is 5.69 Å². The Morgan fingerprint density at radius 2 is 2.00 bits per heavy atom. The lowest BCUT2D eigenvalue weighted by Crippen LogP contribution is -2.07. The number of ether oxygens (including phenoxy) is 2. The predicted octanol–water partition coefficient (Wildman–Crippen LogP) is 3.53. The van der Waals surface area contributed by atoms with E-state index < -0.39 is 0 Å². The quantitative estimate of drug-likeness (QED) is 0.839. The predicted molar refractivity (Wildman–Crippen MR) is 81.6 cm³/mol. The van der Waals surface area contributed by atoms with Crippen molar-refractivity contribution < 1.29 is 9.47 Å². The van der Waals surface area contributed by atoms with Gasteiger partial charge in [-0.15, -0.1) is 0 Å². The Bertz CT molecular complexity index is 549. The van der Waals surface area contributed by atoms with E-state index in [-0.39, 0.29) is 0 Å². The Morgan fingerprint density at radius 3 is 2.70 bits per heavy atom. The largest absolute Gasteiger partial charge is 0.497 e. The highest BCUT2D eigenvalue weighted by atomic mass is 16.5. The topological polar surface area (TPSA) is 35.4 Å². The van der Waals surface area contributed by atoms with Gasteiger partial charge in [0.15, 0.2) is 0 Å². The van der Waals surface area contributed by atoms with Crippen molar-refractivity contribution in [1.29, 1.82) is 0 Å². The molecule has 0 aliphatic carbocycles. The molecule has 108 valence electrons. The van der Waals surface area contributed by atoms with Crippen molar-refractivity contribution in [2.45, 2.75) is 26.4 Å². The van der Waals surface area contributed by atoms with Gasteiger partial charge in [-0.3, -0.25) is 0 Å². The van der Waals surface area contributed by atoms with Gasteiger partial charge in [0, 0.05) is 24.5 Å². The normalized spacial score (nSPS) is 10.3. The van der Waals surface area contributed by atoms with E-state index in [0.717, 1.165) is 36.7 Å². The molecule has 1 N–H and O–H groups in total. The minimum atomic E-state index is 0.774. The van der Waals surface area contributed by atoms with Gasteiger partial charge in [0.25, 0.3) is 0 Å². The summed E-state index contributed by atoms with van der Waals surface area (Å²) in [5, 5.41) is 3.42. The average molecular weight is 274 g/mol. The third-order valence-electron chi connectivity index (χ3n) is 3.26. The first-order valence-corrected chi connectivity index (χ1v) is 6.88. The van der Waals surface area contributed by atoms with E-state index in [0.29, 0.717) is 0 Å². The van der Waals surface area contributed by atoms with Gasteiger partial charge in [-0.1, -0.05) is 6.92 Å². The van der Waals surface area contributed by atoms with Crippen LogP contribution in [-0.2, 0) is 13.1 Å². The van der Waals surface area contributed by atoms with Crippen LogP contribution >= 0.6 is 0 Å². The number of hydrogen-bond acceptors (Lipinski definition) is 3. The molecule has 0 amide bonds. The molecule has 1 aromatic carbocycles. The van der Waals surface area contributed by atoms with Gasteiger partial charge >= 0.3 is 0 Å². The molecule has 1 aromatic heterocycles. The lowest BCUT2D eigenvalue weighted by Gasteiger charge is -2.14. The summed E-state index contributed by atoms with van der Waals surface area (Å²) in [6.07, 6.45) is 3.25. The van der Waals surface area contributed by atoms with E-state index in [1.54, 1.807) is 14.2 Å². The number of benzene rings is 1. The molecule has 0 saturated carbocycles. The third-order valence-corrected chi connectivity index (χ3v) is 3.26. The van der Waals surface area contributed by atoms with Crippen molar-refractivity contribution >= 4 is 5.69 Å². The number of aryl methyl sites for hydroxylation is 1. The number of hydrogen-bond donors (Lipinski definition) is 1. The number of aromatic nitrogens is 1. The fraction of sp³-hybridized carbons (Fsp3) is 0.375. The van der Waals surface area contributed by atoms with Crippen molar-refractivity contribution in [3.05, 3.63) is 42.2 Å². The first kappa shape index (κ1) is 14.3. The number of anilines is 1. The summed E-state index contributed by atoms with van der Waals surface area (Å²) >= 11 is 0. The highest BCUT2D eigenvalue weighted by Gasteiger charge is 2.06. The minimum absolute atomic E-state index is 0.774. The standard InChI is InChI=1S/C16H22N2O2/c1-4-9-18-10-5-6-13(18)12-17-15-8-7-14(19-2)11-16(15)20-3/h5-8,10-11,17H,4,9,12H2,1-3H3. The number of nitrogens with one attached hydrogen (secondary N) is 1. The van der Waals surface area contributed by atoms with E-state index in [9.17, 15) is 0 Å². The molecule has 0 saturated heterocycles. The average Bonchev–Trinajstić information content (AvgIpc) is 2.92. The summed E-state index contributed by atoms with van der Waals surface area (Å²) in [5.41, 5.74) is 2.24. The first-order chi connectivity index (χ1) is 9.78. The molecule has 0 bridgehead atoms. The first-order valence-electron chi connectivity index (χ1n) is 6.88. The fourth-order valence-corrected chi connectivity index (χ4v) is 2.20. The van der Waals surface area contributed by atoms with Crippen LogP contribution in [0.5, 0.6) is 11.5 Å². The molecular weight excluding hydrogens is 252 g/mol. The summed E-state index contributed by atoms with van der Waals surface area (Å²) in [5.74, 6) is 1.58. The molecule has 0 fully saturated rings. The Morgan fingerprint density at radius 1 is 1.15 bits per heavy atom. The van der Waals surface area contributed by atoms with Gasteiger partial charge in [0.2, 0.25) is 0 Å². The van der Waals surface area contributed by atoms with Gasteiger partial charge in [0.05, 0.1) is 26.5 Å². The third kappa shape index (κ3) is 3.26. The van der Waals surface area contributed by atoms with E-state index in [1.165, 1.54) is 5.69 Å². The lowest BCUT2D eigenvalue weighted by molar-refractivity contribution is 0.395. The van der Waals surface area contributed by atoms with Gasteiger partial charge in [0.1, 0.15) is 11.5 Å². The Hall–Kier alpha value is -2.10. The van der Waals surface area contributed by atoms with E-state index in [1.807, 2.05) is 18.2 Å². The van der Waals surface area contributed by atoms with Crippen LogP contribution in [0, 0.1) is 0 Å². The minimum Gasteiger partial charge on any atom is -0.497 e. The molecule has 0 radical (unpaired) electrons. The van der Waals surface area contributed by atoms with Crippen LogP contribution in [0.2, 0.25) is 0 Å². The van der Waals surface area contributed by atoms with Crippen molar-refractivity contribution in [3.63, 3.8) is 0 Å². The van der Waals surface area contributed by atoms with Crippen LogP contribution in [0.1, 0.15) is 19.0 Å². The van der Waals surface area contributed by atoms with Gasteiger partial charge in [-0.25, -0.2) is 0 Å².